The summed E-state index contributed by atoms with van der Waals surface area (Å²) in [7, 11) is 0. The second kappa shape index (κ2) is 8.36. The lowest BCUT2D eigenvalue weighted by Gasteiger charge is -2.35. The van der Waals surface area contributed by atoms with Gasteiger partial charge < -0.3 is 5.32 Å². The highest BCUT2D eigenvalue weighted by Gasteiger charge is 2.27. The van der Waals surface area contributed by atoms with Crippen LogP contribution in [-0.4, -0.2) is 23.9 Å². The van der Waals surface area contributed by atoms with Gasteiger partial charge in [0, 0.05) is 30.4 Å². The van der Waals surface area contributed by atoms with Crippen LogP contribution < -0.4 is 5.32 Å². The summed E-state index contributed by atoms with van der Waals surface area (Å²) in [5.74, 6) is 0.499. The van der Waals surface area contributed by atoms with Crippen molar-refractivity contribution in [2.45, 2.75) is 51.1 Å². The predicted octanol–water partition coefficient (Wildman–Crippen LogP) is 4.54. The first-order valence-corrected chi connectivity index (χ1v) is 10.8. The van der Waals surface area contributed by atoms with Crippen molar-refractivity contribution >= 4 is 17.2 Å². The van der Waals surface area contributed by atoms with E-state index in [-0.39, 0.29) is 17.9 Å². The lowest BCUT2D eigenvalue weighted by molar-refractivity contribution is -0.126. The molecule has 1 atom stereocenters. The Bertz CT molecular complexity index is 722. The van der Waals surface area contributed by atoms with E-state index in [2.05, 4.69) is 52.0 Å². The highest BCUT2D eigenvalue weighted by atomic mass is 32.1. The van der Waals surface area contributed by atoms with Crippen LogP contribution in [0, 0.1) is 5.92 Å². The monoisotopic (exact) mass is 368 g/mol. The van der Waals surface area contributed by atoms with E-state index in [1.807, 2.05) is 0 Å². The molecule has 0 saturated heterocycles. The fraction of sp³-hybridized carbons (Fsp3) is 0.500. The molecule has 4 heteroatoms. The molecule has 0 radical (unpaired) electrons. The predicted molar refractivity (Wildman–Crippen MR) is 107 cm³/mol. The summed E-state index contributed by atoms with van der Waals surface area (Å²) in [5.41, 5.74) is 2.90. The summed E-state index contributed by atoms with van der Waals surface area (Å²) >= 11 is 1.80. The number of rotatable bonds is 5. The summed E-state index contributed by atoms with van der Waals surface area (Å²) in [5, 5.41) is 5.43. The summed E-state index contributed by atoms with van der Waals surface area (Å²) in [6.45, 7) is 2.74. The van der Waals surface area contributed by atoms with E-state index < -0.39 is 0 Å². The maximum Gasteiger partial charge on any atom is 0.223 e. The molecule has 4 rings (SSSR count). The standard InChI is InChI=1S/C22H28N2OS/c25-22(18-8-2-1-3-9-18)23-15-20(21-11-6-14-26-21)24-13-12-17-7-4-5-10-19(17)16-24/h4-7,10-11,14,18,20H,1-3,8-9,12-13,15-16H2,(H,23,25)/t20-/m1/s1. The van der Waals surface area contributed by atoms with Crippen molar-refractivity contribution in [3.63, 3.8) is 0 Å². The van der Waals surface area contributed by atoms with E-state index in [1.54, 1.807) is 11.3 Å². The molecule has 1 aromatic heterocycles. The molecule has 0 bridgehead atoms. The highest BCUT2D eigenvalue weighted by Crippen LogP contribution is 2.30. The van der Waals surface area contributed by atoms with Gasteiger partial charge in [-0.25, -0.2) is 0 Å². The van der Waals surface area contributed by atoms with Gasteiger partial charge in [0.05, 0.1) is 6.04 Å². The molecule has 0 unspecified atom stereocenters. The van der Waals surface area contributed by atoms with Gasteiger partial charge in [-0.15, -0.1) is 11.3 Å². The first-order chi connectivity index (χ1) is 12.8. The fourth-order valence-corrected chi connectivity index (χ4v) is 5.24. The van der Waals surface area contributed by atoms with Gasteiger partial charge in [-0.3, -0.25) is 9.69 Å². The van der Waals surface area contributed by atoms with Crippen LogP contribution in [0.5, 0.6) is 0 Å². The molecule has 1 aliphatic carbocycles. The van der Waals surface area contributed by atoms with E-state index in [1.165, 1.54) is 35.3 Å². The molecular weight excluding hydrogens is 340 g/mol. The number of carbonyl (C=O) groups excluding carboxylic acids is 1. The molecule has 3 nitrogen and oxygen atoms in total. The third-order valence-electron chi connectivity index (χ3n) is 5.92. The lowest BCUT2D eigenvalue weighted by atomic mass is 9.88. The molecule has 2 aromatic rings. The SMILES string of the molecule is O=C(NC[C@H](c1cccs1)N1CCc2ccccc2C1)C1CCCCC1. The van der Waals surface area contributed by atoms with Crippen molar-refractivity contribution in [3.05, 3.63) is 57.8 Å². The van der Waals surface area contributed by atoms with Gasteiger partial charge in [0.2, 0.25) is 5.91 Å². The Morgan fingerprint density at radius 3 is 2.69 bits per heavy atom. The molecule has 2 heterocycles. The minimum atomic E-state index is 0.231. The van der Waals surface area contributed by atoms with Crippen LogP contribution in [0.3, 0.4) is 0 Å². The zero-order valence-electron chi connectivity index (χ0n) is 15.3. The van der Waals surface area contributed by atoms with Crippen LogP contribution in [0.4, 0.5) is 0 Å². The minimum Gasteiger partial charge on any atom is -0.354 e. The van der Waals surface area contributed by atoms with Crippen molar-refractivity contribution < 1.29 is 4.79 Å². The maximum atomic E-state index is 12.6. The Labute approximate surface area is 160 Å². The van der Waals surface area contributed by atoms with Crippen molar-refractivity contribution in [1.29, 1.82) is 0 Å². The minimum absolute atomic E-state index is 0.231. The second-order valence-electron chi connectivity index (χ2n) is 7.60. The molecule has 1 N–H and O–H groups in total. The number of nitrogens with zero attached hydrogens (tertiary/aromatic N) is 1. The average molecular weight is 369 g/mol. The van der Waals surface area contributed by atoms with Crippen LogP contribution >= 0.6 is 11.3 Å². The van der Waals surface area contributed by atoms with E-state index in [9.17, 15) is 4.79 Å². The molecular formula is C22H28N2OS. The number of hydrogen-bond acceptors (Lipinski definition) is 3. The Balaban J connectivity index is 1.44. The molecule has 138 valence electrons. The molecule has 1 fully saturated rings. The third-order valence-corrected chi connectivity index (χ3v) is 6.89. The lowest BCUT2D eigenvalue weighted by Crippen LogP contribution is -2.42. The quantitative estimate of drug-likeness (QED) is 0.840. The number of benzene rings is 1. The van der Waals surface area contributed by atoms with Gasteiger partial charge in [-0.1, -0.05) is 49.6 Å². The number of hydrogen-bond donors (Lipinski definition) is 1. The van der Waals surface area contributed by atoms with Crippen LogP contribution in [0.1, 0.15) is 54.1 Å². The van der Waals surface area contributed by atoms with Gasteiger partial charge >= 0.3 is 0 Å². The van der Waals surface area contributed by atoms with Crippen LogP contribution in [0.15, 0.2) is 41.8 Å². The Morgan fingerprint density at radius 2 is 1.92 bits per heavy atom. The number of fused-ring (bicyclic) bond motifs is 1. The molecule has 1 aliphatic heterocycles. The summed E-state index contributed by atoms with van der Waals surface area (Å²) in [6, 6.07) is 13.4. The number of thiophene rings is 1. The normalized spacial score (nSPS) is 19.7. The molecule has 2 aliphatic rings. The first kappa shape index (κ1) is 17.7. The zero-order valence-corrected chi connectivity index (χ0v) is 16.1. The van der Waals surface area contributed by atoms with Crippen molar-refractivity contribution in [2.24, 2.45) is 5.92 Å². The summed E-state index contributed by atoms with van der Waals surface area (Å²) < 4.78 is 0. The van der Waals surface area contributed by atoms with Gasteiger partial charge in [-0.2, -0.15) is 0 Å². The van der Waals surface area contributed by atoms with Gasteiger partial charge in [0.15, 0.2) is 0 Å². The average Bonchev–Trinajstić information content (AvgIpc) is 3.23. The van der Waals surface area contributed by atoms with Gasteiger partial charge in [0.25, 0.3) is 0 Å². The third kappa shape index (κ3) is 4.02. The number of amides is 1. The van der Waals surface area contributed by atoms with Crippen molar-refractivity contribution in [1.82, 2.24) is 10.2 Å². The van der Waals surface area contributed by atoms with Gasteiger partial charge in [0.1, 0.15) is 0 Å². The van der Waals surface area contributed by atoms with Crippen molar-refractivity contribution in [3.8, 4) is 0 Å². The Kier molecular flexibility index (Phi) is 5.71. The smallest absolute Gasteiger partial charge is 0.223 e. The Hall–Kier alpha value is -1.65. The first-order valence-electron chi connectivity index (χ1n) is 9.93. The van der Waals surface area contributed by atoms with Crippen molar-refractivity contribution in [2.75, 3.05) is 13.1 Å². The largest absolute Gasteiger partial charge is 0.354 e. The highest BCUT2D eigenvalue weighted by molar-refractivity contribution is 7.10. The van der Waals surface area contributed by atoms with E-state index in [0.717, 1.165) is 38.9 Å². The second-order valence-corrected chi connectivity index (χ2v) is 8.58. The molecule has 1 saturated carbocycles. The zero-order chi connectivity index (χ0) is 17.8. The van der Waals surface area contributed by atoms with Crippen LogP contribution in [-0.2, 0) is 17.8 Å². The van der Waals surface area contributed by atoms with Crippen LogP contribution in [0.25, 0.3) is 0 Å². The molecule has 26 heavy (non-hydrogen) atoms. The summed E-state index contributed by atoms with van der Waals surface area (Å²) in [6.07, 6.45) is 6.91. The molecule has 0 spiro atoms. The van der Waals surface area contributed by atoms with Gasteiger partial charge in [-0.05, 0) is 41.8 Å². The van der Waals surface area contributed by atoms with Crippen LogP contribution in [0.2, 0.25) is 0 Å². The molecule has 1 aromatic carbocycles. The van der Waals surface area contributed by atoms with E-state index >= 15 is 0 Å². The number of carbonyl (C=O) groups is 1. The van der Waals surface area contributed by atoms with E-state index in [4.69, 9.17) is 0 Å². The maximum absolute atomic E-state index is 12.6. The topological polar surface area (TPSA) is 32.3 Å². The fourth-order valence-electron chi connectivity index (χ4n) is 4.38. The summed E-state index contributed by atoms with van der Waals surface area (Å²) in [4.78, 5) is 16.5. The van der Waals surface area contributed by atoms with E-state index in [0.29, 0.717) is 0 Å². The molecule has 1 amide bonds. The number of nitrogens with one attached hydrogen (secondary N) is 1. The Morgan fingerprint density at radius 1 is 1.12 bits per heavy atom.